The van der Waals surface area contributed by atoms with Crippen molar-refractivity contribution >= 4 is 5.91 Å². The lowest BCUT2D eigenvalue weighted by atomic mass is 9.88. The van der Waals surface area contributed by atoms with E-state index in [9.17, 15) is 4.79 Å². The second-order valence-corrected chi connectivity index (χ2v) is 6.33. The molecule has 128 valence electrons. The van der Waals surface area contributed by atoms with Crippen molar-refractivity contribution < 1.29 is 13.9 Å². The molecule has 1 aliphatic heterocycles. The minimum Gasteiger partial charge on any atom is -0.459 e. The lowest BCUT2D eigenvalue weighted by Gasteiger charge is -2.40. The summed E-state index contributed by atoms with van der Waals surface area (Å²) in [6, 6.07) is 13.9. The van der Waals surface area contributed by atoms with Crippen LogP contribution < -0.4 is 10.6 Å². The molecule has 2 heterocycles. The topological polar surface area (TPSA) is 63.5 Å². The molecule has 1 aromatic heterocycles. The van der Waals surface area contributed by atoms with Crippen molar-refractivity contribution in [3.8, 4) is 0 Å². The maximum absolute atomic E-state index is 12.2. The van der Waals surface area contributed by atoms with Crippen LogP contribution in [-0.4, -0.2) is 31.2 Å². The Morgan fingerprint density at radius 2 is 1.92 bits per heavy atom. The van der Waals surface area contributed by atoms with Crippen molar-refractivity contribution in [3.63, 3.8) is 0 Å². The molecule has 5 nitrogen and oxygen atoms in total. The number of hydrogen-bond donors (Lipinski definition) is 2. The van der Waals surface area contributed by atoms with Crippen LogP contribution in [0, 0.1) is 0 Å². The molecule has 0 aliphatic carbocycles. The van der Waals surface area contributed by atoms with Crippen LogP contribution in [-0.2, 0) is 4.74 Å². The minimum atomic E-state index is -0.181. The number of benzene rings is 1. The van der Waals surface area contributed by atoms with Crippen LogP contribution in [0.15, 0.2) is 53.1 Å². The maximum atomic E-state index is 12.2. The van der Waals surface area contributed by atoms with Crippen molar-refractivity contribution in [1.29, 1.82) is 0 Å². The third kappa shape index (κ3) is 4.04. The molecule has 0 spiro atoms. The first kappa shape index (κ1) is 16.7. The molecule has 1 unspecified atom stereocenters. The Kier molecular flexibility index (Phi) is 5.33. The first-order valence-corrected chi connectivity index (χ1v) is 8.41. The van der Waals surface area contributed by atoms with E-state index in [1.807, 2.05) is 18.2 Å². The Bertz CT molecular complexity index is 634. The van der Waals surface area contributed by atoms with Crippen molar-refractivity contribution in [3.05, 3.63) is 60.1 Å². The van der Waals surface area contributed by atoms with Crippen LogP contribution in [0.5, 0.6) is 0 Å². The van der Waals surface area contributed by atoms with E-state index in [1.54, 1.807) is 12.1 Å². The number of ether oxygens (including phenoxy) is 1. The predicted octanol–water partition coefficient (Wildman–Crippen LogP) is 2.91. The Labute approximate surface area is 142 Å². The summed E-state index contributed by atoms with van der Waals surface area (Å²) in [6.45, 7) is 4.10. The molecule has 1 amide bonds. The van der Waals surface area contributed by atoms with Crippen LogP contribution >= 0.6 is 0 Å². The minimum absolute atomic E-state index is 0.171. The molecule has 0 saturated carbocycles. The van der Waals surface area contributed by atoms with Crippen molar-refractivity contribution in [2.45, 2.75) is 31.3 Å². The summed E-state index contributed by atoms with van der Waals surface area (Å²) in [5.41, 5.74) is 1.07. The molecule has 24 heavy (non-hydrogen) atoms. The molecule has 2 N–H and O–H groups in total. The average Bonchev–Trinajstić information content (AvgIpc) is 3.16. The standard InChI is InChI=1S/C19H24N2O3/c1-15(16-6-3-2-4-7-16)21-19(9-12-23-13-10-19)14-20-18(22)17-8-5-11-24-17/h2-8,11,15,21H,9-10,12-14H2,1H3,(H,20,22). The fraction of sp³-hybridized carbons (Fsp3) is 0.421. The van der Waals surface area contributed by atoms with Gasteiger partial charge in [0.2, 0.25) is 0 Å². The highest BCUT2D eigenvalue weighted by molar-refractivity contribution is 5.91. The molecule has 1 aliphatic rings. The van der Waals surface area contributed by atoms with Gasteiger partial charge in [0.05, 0.1) is 6.26 Å². The molecule has 5 heteroatoms. The number of rotatable bonds is 6. The Hall–Kier alpha value is -2.11. The van der Waals surface area contributed by atoms with Crippen molar-refractivity contribution in [1.82, 2.24) is 10.6 Å². The Balaban J connectivity index is 1.67. The van der Waals surface area contributed by atoms with E-state index >= 15 is 0 Å². The summed E-state index contributed by atoms with van der Waals surface area (Å²) in [6.07, 6.45) is 3.24. The third-order valence-electron chi connectivity index (χ3n) is 4.60. The fourth-order valence-corrected chi connectivity index (χ4v) is 3.16. The lowest BCUT2D eigenvalue weighted by molar-refractivity contribution is 0.0330. The second kappa shape index (κ2) is 7.64. The van der Waals surface area contributed by atoms with Crippen LogP contribution in [0.25, 0.3) is 0 Å². The van der Waals surface area contributed by atoms with Gasteiger partial charge in [0.25, 0.3) is 5.91 Å². The first-order chi connectivity index (χ1) is 11.7. The molecular formula is C19H24N2O3. The summed E-state index contributed by atoms with van der Waals surface area (Å²) in [4.78, 5) is 12.2. The number of carbonyl (C=O) groups is 1. The van der Waals surface area contributed by atoms with Crippen LogP contribution in [0.4, 0.5) is 0 Å². The summed E-state index contributed by atoms with van der Waals surface area (Å²) < 4.78 is 10.7. The molecule has 2 aromatic rings. The Morgan fingerprint density at radius 1 is 1.17 bits per heavy atom. The highest BCUT2D eigenvalue weighted by Gasteiger charge is 2.34. The fourth-order valence-electron chi connectivity index (χ4n) is 3.16. The Morgan fingerprint density at radius 3 is 2.58 bits per heavy atom. The number of hydrogen-bond acceptors (Lipinski definition) is 4. The molecule has 0 radical (unpaired) electrons. The predicted molar refractivity (Wildman–Crippen MR) is 91.8 cm³/mol. The summed E-state index contributed by atoms with van der Waals surface area (Å²) in [7, 11) is 0. The van der Waals surface area contributed by atoms with Crippen molar-refractivity contribution in [2.75, 3.05) is 19.8 Å². The number of amides is 1. The third-order valence-corrected chi connectivity index (χ3v) is 4.60. The average molecular weight is 328 g/mol. The number of furan rings is 1. The largest absolute Gasteiger partial charge is 0.459 e. The summed E-state index contributed by atoms with van der Waals surface area (Å²) >= 11 is 0. The monoisotopic (exact) mass is 328 g/mol. The smallest absolute Gasteiger partial charge is 0.287 e. The zero-order valence-corrected chi connectivity index (χ0v) is 14.0. The first-order valence-electron chi connectivity index (χ1n) is 8.41. The number of carbonyl (C=O) groups excluding carboxylic acids is 1. The molecule has 1 saturated heterocycles. The van der Waals surface area contributed by atoms with Crippen LogP contribution in [0.2, 0.25) is 0 Å². The van der Waals surface area contributed by atoms with E-state index in [4.69, 9.17) is 9.15 Å². The van der Waals surface area contributed by atoms with Gasteiger partial charge in [0.1, 0.15) is 0 Å². The van der Waals surface area contributed by atoms with Gasteiger partial charge in [-0.25, -0.2) is 0 Å². The van der Waals surface area contributed by atoms with Gasteiger partial charge in [-0.15, -0.1) is 0 Å². The zero-order valence-electron chi connectivity index (χ0n) is 14.0. The van der Waals surface area contributed by atoms with Gasteiger partial charge in [0, 0.05) is 31.3 Å². The van der Waals surface area contributed by atoms with Gasteiger partial charge in [-0.2, -0.15) is 0 Å². The van der Waals surface area contributed by atoms with Gasteiger partial charge in [-0.05, 0) is 37.5 Å². The SMILES string of the molecule is CC(NC1(CNC(=O)c2ccco2)CCOCC1)c1ccccc1. The van der Waals surface area contributed by atoms with Crippen LogP contribution in [0.3, 0.4) is 0 Å². The van der Waals surface area contributed by atoms with Gasteiger partial charge >= 0.3 is 0 Å². The zero-order chi connectivity index (χ0) is 16.8. The molecule has 1 fully saturated rings. The second-order valence-electron chi connectivity index (χ2n) is 6.33. The van der Waals surface area contributed by atoms with E-state index < -0.39 is 0 Å². The summed E-state index contributed by atoms with van der Waals surface area (Å²) in [5, 5.41) is 6.73. The van der Waals surface area contributed by atoms with E-state index in [2.05, 4.69) is 29.7 Å². The highest BCUT2D eigenvalue weighted by atomic mass is 16.5. The highest BCUT2D eigenvalue weighted by Crippen LogP contribution is 2.25. The van der Waals surface area contributed by atoms with Gasteiger partial charge < -0.3 is 19.8 Å². The normalized spacial score (nSPS) is 18.0. The lowest BCUT2D eigenvalue weighted by Crippen LogP contribution is -2.57. The van der Waals surface area contributed by atoms with Gasteiger partial charge in [-0.1, -0.05) is 30.3 Å². The van der Waals surface area contributed by atoms with E-state index in [-0.39, 0.29) is 17.5 Å². The van der Waals surface area contributed by atoms with Gasteiger partial charge in [0.15, 0.2) is 5.76 Å². The van der Waals surface area contributed by atoms with Crippen molar-refractivity contribution in [2.24, 2.45) is 0 Å². The van der Waals surface area contributed by atoms with Gasteiger partial charge in [-0.3, -0.25) is 4.79 Å². The molecule has 1 aromatic carbocycles. The molecular weight excluding hydrogens is 304 g/mol. The van der Waals surface area contributed by atoms with E-state index in [1.165, 1.54) is 11.8 Å². The van der Waals surface area contributed by atoms with E-state index in [0.29, 0.717) is 25.5 Å². The number of nitrogens with one attached hydrogen (secondary N) is 2. The maximum Gasteiger partial charge on any atom is 0.287 e. The van der Waals surface area contributed by atoms with Crippen LogP contribution in [0.1, 0.15) is 41.9 Å². The molecule has 1 atom stereocenters. The summed E-state index contributed by atoms with van der Waals surface area (Å²) in [5.74, 6) is 0.161. The molecule has 3 rings (SSSR count). The van der Waals surface area contributed by atoms with E-state index in [0.717, 1.165) is 12.8 Å². The quantitative estimate of drug-likeness (QED) is 0.856. The molecule has 0 bridgehead atoms.